The number of hydrogen-bond donors (Lipinski definition) is 8. The third kappa shape index (κ3) is 15.1. The number of benzene rings is 13. The summed E-state index contributed by atoms with van der Waals surface area (Å²) in [5, 5.41) is -3.74. The lowest BCUT2D eigenvalue weighted by molar-refractivity contribution is 0.338. The van der Waals surface area contributed by atoms with E-state index in [-0.39, 0.29) is 10.8 Å². The van der Waals surface area contributed by atoms with Crippen LogP contribution >= 0.6 is 0 Å². The van der Waals surface area contributed by atoms with E-state index in [9.17, 15) is 143 Å². The molecule has 17 rings (SSSR count). The van der Waals surface area contributed by atoms with Crippen LogP contribution < -0.4 is 37.9 Å². The Kier molecular flexibility index (Phi) is 21.1. The van der Waals surface area contributed by atoms with Gasteiger partial charge in [0.15, 0.2) is 58.2 Å². The third-order valence-corrected chi connectivity index (χ3v) is 25.0. The molecule has 4 aliphatic heterocycles. The first-order valence-corrected chi connectivity index (χ1v) is 44.2. The van der Waals surface area contributed by atoms with E-state index in [1.807, 2.05) is 0 Å². The first-order valence-electron chi connectivity index (χ1n) is 32.7. The summed E-state index contributed by atoms with van der Waals surface area (Å²) in [6.45, 7) is 0. The van der Waals surface area contributed by atoms with Gasteiger partial charge in [0, 0.05) is 48.5 Å². The zero-order chi connectivity index (χ0) is 94.1. The van der Waals surface area contributed by atoms with Gasteiger partial charge in [-0.25, -0.2) is 57.1 Å². The Bertz CT molecular complexity index is 8050. The van der Waals surface area contributed by atoms with Crippen LogP contribution in [0.15, 0.2) is 136 Å². The van der Waals surface area contributed by atoms with Crippen LogP contribution in [0, 0.1) is 105 Å². The fourth-order valence-corrected chi connectivity index (χ4v) is 17.2. The molecule has 13 aromatic carbocycles. The molecule has 0 unspecified atom stereocenters. The standard InChI is InChI=1S/C32H12F6O16S4.C22H6F8O8S2.C16H6F4O8S2/c33-23-21(25(35)29-31(27(23)37)53-17-7-13(57(45,46)47)3-9-1-11(55(39,40)41)5-15(51-29)19(9)17)22-24(34)28(38)32-30(26(22)36)52-16-6-12(56(42,43)44)2-10-4-14(58(48,49)50)8-18(54-32)20(10)16;23-13-11(14(24)18(28)19(29)17(13)27)12-15(25)20(30)22-21(16(12)26)37-8-3-6(39(31,32)33)1-5-2-7(40(34,35)36)4-9(38-22)10(5)8;17-11-12(18)14(20)16-15(13(11)19)27-8-3-6(29(21,22)23)1-5-2-7(30(24,25)26)4-9(28-16)10(5)8/h1-8H,(H,39,40,41)(H,42,43,44)(H,45,46,47)(H,48,49,50);1-4H,(H,31,32,33)(H,34,35,36);1-4H,(H,21,22,23)(H,24,25,26). The molecule has 32 nitrogen and oxygen atoms in total. The van der Waals surface area contributed by atoms with Crippen molar-refractivity contribution in [2.24, 2.45) is 0 Å². The second-order valence-corrected chi connectivity index (χ2v) is 37.5. The molecule has 0 spiro atoms. The largest absolute Gasteiger partial charge is 0.449 e. The SMILES string of the molecule is O=S(=O)(O)c1cc2c3c(cc(S(=O)(=O)O)cc3c1)Oc1c(F)c(-c3c(F)c(F)c(F)c(F)c3F)c(F)c(F)c1O2.O=S(=O)(O)c1cc2c3c(cc(S(=O)(=O)O)cc3c1)Oc1c(F)c(-c3c(F)c(F)c4c(c3F)Oc3cc(S(=O)(=O)O)cc5cc(S(=O)(=O)O)cc(c35)O4)c(F)c(F)c1O2.O=S(=O)(O)c1cc2c3c(cc(S(=O)(=O)O)cc3c1)Oc1c(F)c(F)c(F)c(F)c1O2. The van der Waals surface area contributed by atoms with Crippen molar-refractivity contribution in [3.8, 4) is 114 Å². The lowest BCUT2D eigenvalue weighted by Gasteiger charge is -2.18. The molecule has 0 bridgehead atoms. The van der Waals surface area contributed by atoms with E-state index in [0.29, 0.717) is 84.9 Å². The Morgan fingerprint density at radius 2 is 0.266 bits per heavy atom. The molecule has 0 atom stereocenters. The van der Waals surface area contributed by atoms with Crippen LogP contribution in [0.1, 0.15) is 0 Å². The Morgan fingerprint density at radius 3 is 0.414 bits per heavy atom. The van der Waals surface area contributed by atoms with Crippen LogP contribution in [0.5, 0.6) is 92.0 Å². The van der Waals surface area contributed by atoms with Gasteiger partial charge in [0.1, 0.15) is 46.0 Å². The van der Waals surface area contributed by atoms with Gasteiger partial charge in [-0.2, -0.15) is 89.3 Å². The fraction of sp³-hybridized carbons (Fsp3) is 0. The van der Waals surface area contributed by atoms with Gasteiger partial charge < -0.3 is 37.9 Å². The smallest absolute Gasteiger partial charge is 0.294 e. The van der Waals surface area contributed by atoms with Crippen molar-refractivity contribution in [3.63, 3.8) is 0 Å². The van der Waals surface area contributed by atoms with Crippen LogP contribution in [0.4, 0.5) is 79.0 Å². The summed E-state index contributed by atoms with van der Waals surface area (Å²) in [4.78, 5) is -8.07. The molecule has 0 aliphatic carbocycles. The van der Waals surface area contributed by atoms with Gasteiger partial charge in [-0.05, 0) is 70.1 Å². The van der Waals surface area contributed by atoms with Crippen LogP contribution in [-0.2, 0) is 80.9 Å². The van der Waals surface area contributed by atoms with Gasteiger partial charge in [-0.3, -0.25) is 36.4 Å². The lowest BCUT2D eigenvalue weighted by atomic mass is 10.00. The summed E-state index contributed by atoms with van der Waals surface area (Å²) >= 11 is 0. The van der Waals surface area contributed by atoms with Crippen molar-refractivity contribution < 1.29 is 221 Å². The van der Waals surface area contributed by atoms with Crippen LogP contribution in [0.2, 0.25) is 0 Å². The molecule has 0 radical (unpaired) electrons. The fourth-order valence-electron chi connectivity index (χ4n) is 12.9. The number of rotatable bonds is 10. The maximum atomic E-state index is 16.6. The van der Waals surface area contributed by atoms with E-state index in [0.717, 1.165) is 12.1 Å². The molecular formula is C70H24F18O32S8. The van der Waals surface area contributed by atoms with Gasteiger partial charge in [0.25, 0.3) is 80.9 Å². The zero-order valence-corrected chi connectivity index (χ0v) is 66.2. The number of ether oxygens (including phenoxy) is 8. The van der Waals surface area contributed by atoms with Crippen molar-refractivity contribution in [2.75, 3.05) is 0 Å². The maximum absolute atomic E-state index is 16.6. The molecule has 0 fully saturated rings. The number of halogens is 18. The van der Waals surface area contributed by atoms with Crippen molar-refractivity contribution in [2.45, 2.75) is 39.2 Å². The summed E-state index contributed by atoms with van der Waals surface area (Å²) in [5.74, 6) is -62.4. The van der Waals surface area contributed by atoms with Crippen LogP contribution in [0.3, 0.4) is 0 Å². The predicted molar refractivity (Wildman–Crippen MR) is 384 cm³/mol. The van der Waals surface area contributed by atoms with Gasteiger partial charge in [0.05, 0.1) is 83.0 Å². The summed E-state index contributed by atoms with van der Waals surface area (Å²) in [6.07, 6.45) is 0. The van der Waals surface area contributed by atoms with Gasteiger partial charge in [-0.1, -0.05) is 0 Å². The normalized spacial score (nSPS) is 13.5. The highest BCUT2D eigenvalue weighted by molar-refractivity contribution is 7.87. The predicted octanol–water partition coefficient (Wildman–Crippen LogP) is 17.1. The van der Waals surface area contributed by atoms with E-state index >= 15 is 39.5 Å². The highest BCUT2D eigenvalue weighted by Crippen LogP contribution is 2.59. The monoisotopic (exact) mass is 1970 g/mol. The Labute approximate surface area is 696 Å². The third-order valence-electron chi connectivity index (χ3n) is 18.4. The molecule has 0 aromatic heterocycles. The second-order valence-electron chi connectivity index (χ2n) is 26.2. The summed E-state index contributed by atoms with van der Waals surface area (Å²) < 4.78 is 576. The molecule has 0 saturated carbocycles. The molecule has 58 heteroatoms. The first kappa shape index (κ1) is 90.1. The molecular weight excluding hydrogens is 1950 g/mol. The minimum absolute atomic E-state index is 0.273. The molecule has 13 aromatic rings. The lowest BCUT2D eigenvalue weighted by Crippen LogP contribution is -2.09. The van der Waals surface area contributed by atoms with Gasteiger partial charge >= 0.3 is 0 Å². The minimum Gasteiger partial charge on any atom is -0.449 e. The van der Waals surface area contributed by atoms with E-state index in [2.05, 4.69) is 0 Å². The molecule has 4 aliphatic rings. The second kappa shape index (κ2) is 30.0. The van der Waals surface area contributed by atoms with Crippen LogP contribution in [-0.4, -0.2) is 104 Å². The quantitative estimate of drug-likeness (QED) is 0.0273. The topological polar surface area (TPSA) is 509 Å². The zero-order valence-electron chi connectivity index (χ0n) is 59.7. The molecule has 0 saturated heterocycles. The maximum Gasteiger partial charge on any atom is 0.294 e. The van der Waals surface area contributed by atoms with Crippen LogP contribution in [0.25, 0.3) is 65.3 Å². The minimum atomic E-state index is -5.23. The number of hydrogen-bond acceptors (Lipinski definition) is 24. The van der Waals surface area contributed by atoms with Crippen molar-refractivity contribution >= 4 is 124 Å². The highest BCUT2D eigenvalue weighted by Gasteiger charge is 2.44. The molecule has 8 N–H and O–H groups in total. The molecule has 0 amide bonds. The molecule has 670 valence electrons. The van der Waals surface area contributed by atoms with Crippen molar-refractivity contribution in [1.82, 2.24) is 0 Å². The average molecular weight is 1980 g/mol. The average Bonchev–Trinajstić information content (AvgIpc) is 1.49. The van der Waals surface area contributed by atoms with Gasteiger partial charge in [0.2, 0.25) is 92.5 Å². The molecule has 4 heterocycles. The summed E-state index contributed by atoms with van der Waals surface area (Å²) in [5.41, 5.74) is -8.60. The summed E-state index contributed by atoms with van der Waals surface area (Å²) in [6, 6.07) is 9.38. The van der Waals surface area contributed by atoms with E-state index in [1.165, 1.54) is 0 Å². The first-order chi connectivity index (χ1) is 59.0. The van der Waals surface area contributed by atoms with E-state index in [1.54, 1.807) is 0 Å². The highest BCUT2D eigenvalue weighted by atomic mass is 32.2. The van der Waals surface area contributed by atoms with E-state index in [4.69, 9.17) is 37.9 Å². The molecule has 128 heavy (non-hydrogen) atoms. The van der Waals surface area contributed by atoms with Crippen molar-refractivity contribution in [3.05, 3.63) is 202 Å². The van der Waals surface area contributed by atoms with E-state index < -0.39 is 371 Å². The Morgan fingerprint density at radius 1 is 0.156 bits per heavy atom. The Hall–Kier alpha value is -12.7. The summed E-state index contributed by atoms with van der Waals surface area (Å²) in [7, 11) is -40.9. The van der Waals surface area contributed by atoms with Crippen molar-refractivity contribution in [1.29, 1.82) is 0 Å². The van der Waals surface area contributed by atoms with Gasteiger partial charge in [-0.15, -0.1) is 0 Å². The number of fused-ring (bicyclic) bond motifs is 4. The Balaban J connectivity index is 0.000000157.